The number of primary amides is 1. The Hall–Kier alpha value is -2.18. The molecular weight excluding hydrogens is 292 g/mol. The van der Waals surface area contributed by atoms with Gasteiger partial charge in [-0.25, -0.2) is 4.98 Å². The zero-order chi connectivity index (χ0) is 16.3. The Labute approximate surface area is 135 Å². The maximum absolute atomic E-state index is 11.9. The number of nitrogens with one attached hydrogen (secondary N) is 1. The fourth-order valence-corrected chi connectivity index (χ4v) is 3.27. The number of carbonyl (C=O) groups excluding carboxylic acids is 1. The first-order valence-corrected chi connectivity index (χ1v) is 7.89. The van der Waals surface area contributed by atoms with E-state index >= 15 is 0 Å². The molecule has 1 aliphatic rings. The highest BCUT2D eigenvalue weighted by atomic mass is 16.3. The Kier molecular flexibility index (Phi) is 4.45. The van der Waals surface area contributed by atoms with Crippen LogP contribution in [0.4, 0.5) is 0 Å². The van der Waals surface area contributed by atoms with Crippen molar-refractivity contribution in [1.82, 2.24) is 14.9 Å². The third kappa shape index (κ3) is 3.28. The largest absolute Gasteiger partial charge is 0.374 e. The summed E-state index contributed by atoms with van der Waals surface area (Å²) >= 11 is 0. The molecule has 1 amide bonds. The van der Waals surface area contributed by atoms with Crippen molar-refractivity contribution >= 4 is 5.91 Å². The number of β-amino-alcohol motifs (C(OH)–C–C–N with tert-alkyl or cyclic N) is 1. The summed E-state index contributed by atoms with van der Waals surface area (Å²) in [4.78, 5) is 21.5. The normalized spacial score (nSPS) is 21.7. The van der Waals surface area contributed by atoms with E-state index in [1.54, 1.807) is 30.5 Å². The number of aliphatic hydroxyl groups is 1. The minimum atomic E-state index is -1.67. The lowest BCUT2D eigenvalue weighted by Crippen LogP contribution is -2.51. The summed E-state index contributed by atoms with van der Waals surface area (Å²) in [5.74, 6) is 0.521. The lowest BCUT2D eigenvalue weighted by atomic mass is 9.90. The number of imidazole rings is 1. The van der Waals surface area contributed by atoms with E-state index in [2.05, 4.69) is 14.9 Å². The molecule has 1 aliphatic heterocycles. The fraction of sp³-hybridized carbons (Fsp3) is 0.412. The first-order valence-electron chi connectivity index (χ1n) is 7.89. The first kappa shape index (κ1) is 15.7. The number of aromatic amines is 1. The number of hydrogen-bond acceptors (Lipinski definition) is 4. The van der Waals surface area contributed by atoms with Gasteiger partial charge in [0.1, 0.15) is 5.82 Å². The van der Waals surface area contributed by atoms with Crippen molar-refractivity contribution in [3.05, 3.63) is 54.1 Å². The number of rotatable bonds is 5. The third-order valence-electron chi connectivity index (χ3n) is 4.52. The molecule has 0 bridgehead atoms. The highest BCUT2D eigenvalue weighted by molar-refractivity contribution is 5.85. The number of H-pyrrole nitrogens is 1. The number of likely N-dealkylation sites (tertiary alicyclic amines) is 1. The van der Waals surface area contributed by atoms with Crippen LogP contribution in [-0.2, 0) is 10.4 Å². The molecule has 2 aromatic rings. The number of nitrogens with zero attached hydrogens (tertiary/aromatic N) is 2. The van der Waals surface area contributed by atoms with Gasteiger partial charge in [0.05, 0.1) is 0 Å². The molecule has 6 heteroatoms. The number of amides is 1. The Morgan fingerprint density at radius 3 is 2.87 bits per heavy atom. The number of hydrogen-bond donors (Lipinski definition) is 3. The zero-order valence-electron chi connectivity index (χ0n) is 13.0. The van der Waals surface area contributed by atoms with Crippen molar-refractivity contribution in [2.75, 3.05) is 19.6 Å². The third-order valence-corrected chi connectivity index (χ3v) is 4.52. The Morgan fingerprint density at radius 2 is 2.22 bits per heavy atom. The molecule has 1 aromatic heterocycles. The molecule has 2 atom stereocenters. The minimum absolute atomic E-state index is 0.198. The lowest BCUT2D eigenvalue weighted by molar-refractivity contribution is -0.140. The molecule has 122 valence electrons. The highest BCUT2D eigenvalue weighted by Gasteiger charge is 2.39. The molecule has 2 heterocycles. The van der Waals surface area contributed by atoms with Gasteiger partial charge >= 0.3 is 0 Å². The predicted molar refractivity (Wildman–Crippen MR) is 86.5 cm³/mol. The molecule has 0 spiro atoms. The van der Waals surface area contributed by atoms with Crippen LogP contribution in [0.2, 0.25) is 0 Å². The summed E-state index contributed by atoms with van der Waals surface area (Å²) in [6, 6.07) is 8.91. The van der Waals surface area contributed by atoms with Gasteiger partial charge in [-0.1, -0.05) is 30.3 Å². The Balaban J connectivity index is 1.77. The van der Waals surface area contributed by atoms with Crippen molar-refractivity contribution in [3.63, 3.8) is 0 Å². The fourth-order valence-electron chi connectivity index (χ4n) is 3.27. The van der Waals surface area contributed by atoms with Crippen LogP contribution in [-0.4, -0.2) is 45.5 Å². The van der Waals surface area contributed by atoms with Crippen LogP contribution in [0.5, 0.6) is 0 Å². The molecule has 4 N–H and O–H groups in total. The average Bonchev–Trinajstić information content (AvgIpc) is 3.10. The summed E-state index contributed by atoms with van der Waals surface area (Å²) in [6.45, 7) is 1.78. The smallest absolute Gasteiger partial charge is 0.255 e. The van der Waals surface area contributed by atoms with E-state index in [0.29, 0.717) is 5.56 Å². The van der Waals surface area contributed by atoms with Crippen molar-refractivity contribution in [2.45, 2.75) is 24.4 Å². The molecule has 23 heavy (non-hydrogen) atoms. The first-order chi connectivity index (χ1) is 11.1. The van der Waals surface area contributed by atoms with E-state index in [4.69, 9.17) is 5.73 Å². The second-order valence-corrected chi connectivity index (χ2v) is 6.14. The molecule has 0 radical (unpaired) electrons. The van der Waals surface area contributed by atoms with E-state index in [1.807, 2.05) is 12.3 Å². The van der Waals surface area contributed by atoms with Gasteiger partial charge in [0.2, 0.25) is 0 Å². The molecule has 2 unspecified atom stereocenters. The van der Waals surface area contributed by atoms with Crippen LogP contribution in [0.1, 0.15) is 30.1 Å². The molecule has 3 rings (SSSR count). The number of benzene rings is 1. The Morgan fingerprint density at radius 1 is 1.43 bits per heavy atom. The topological polar surface area (TPSA) is 95.2 Å². The summed E-state index contributed by atoms with van der Waals surface area (Å²) in [5.41, 5.74) is 4.38. The van der Waals surface area contributed by atoms with Crippen molar-refractivity contribution in [2.24, 2.45) is 5.73 Å². The van der Waals surface area contributed by atoms with Crippen LogP contribution in [0, 0.1) is 0 Å². The van der Waals surface area contributed by atoms with Gasteiger partial charge < -0.3 is 15.8 Å². The van der Waals surface area contributed by atoms with E-state index in [0.717, 1.165) is 31.8 Å². The van der Waals surface area contributed by atoms with Gasteiger partial charge in [-0.05, 0) is 24.9 Å². The molecule has 1 aromatic carbocycles. The summed E-state index contributed by atoms with van der Waals surface area (Å²) in [6.07, 6.45) is 5.61. The van der Waals surface area contributed by atoms with E-state index in [1.165, 1.54) is 0 Å². The maximum Gasteiger partial charge on any atom is 0.255 e. The van der Waals surface area contributed by atoms with Gasteiger partial charge in [0.25, 0.3) is 5.91 Å². The lowest BCUT2D eigenvalue weighted by Gasteiger charge is -2.37. The number of piperidine rings is 1. The maximum atomic E-state index is 11.9. The molecule has 1 saturated heterocycles. The predicted octanol–water partition coefficient (Wildman–Crippen LogP) is 0.962. The number of nitrogens with two attached hydrogens (primary N) is 1. The SMILES string of the molecule is NC(=O)C(O)(CN1CCCC(c2ncc[nH]2)C1)c1ccccc1. The monoisotopic (exact) mass is 314 g/mol. The highest BCUT2D eigenvalue weighted by Crippen LogP contribution is 2.28. The zero-order valence-corrected chi connectivity index (χ0v) is 13.0. The molecule has 0 saturated carbocycles. The van der Waals surface area contributed by atoms with Crippen LogP contribution in [0.15, 0.2) is 42.7 Å². The van der Waals surface area contributed by atoms with Crippen LogP contribution in [0.3, 0.4) is 0 Å². The Bertz CT molecular complexity index is 644. The molecule has 6 nitrogen and oxygen atoms in total. The number of aromatic nitrogens is 2. The second-order valence-electron chi connectivity index (χ2n) is 6.14. The van der Waals surface area contributed by atoms with Gasteiger partial charge in [0, 0.05) is 31.4 Å². The summed E-state index contributed by atoms with van der Waals surface area (Å²) in [7, 11) is 0. The van der Waals surface area contributed by atoms with E-state index < -0.39 is 11.5 Å². The van der Waals surface area contributed by atoms with Crippen molar-refractivity contribution < 1.29 is 9.90 Å². The van der Waals surface area contributed by atoms with Gasteiger partial charge in [-0.15, -0.1) is 0 Å². The standard InChI is InChI=1S/C17H22N4O2/c18-16(22)17(23,14-6-2-1-3-7-14)12-21-10-4-5-13(11-21)15-19-8-9-20-15/h1-3,6-9,13,23H,4-5,10-12H2,(H2,18,22)(H,19,20). The van der Waals surface area contributed by atoms with Gasteiger partial charge in [-0.2, -0.15) is 0 Å². The van der Waals surface area contributed by atoms with Crippen molar-refractivity contribution in [3.8, 4) is 0 Å². The average molecular weight is 314 g/mol. The van der Waals surface area contributed by atoms with E-state index in [-0.39, 0.29) is 12.5 Å². The number of carbonyl (C=O) groups is 1. The van der Waals surface area contributed by atoms with E-state index in [9.17, 15) is 9.90 Å². The van der Waals surface area contributed by atoms with Crippen LogP contribution >= 0.6 is 0 Å². The minimum Gasteiger partial charge on any atom is -0.374 e. The van der Waals surface area contributed by atoms with Crippen molar-refractivity contribution in [1.29, 1.82) is 0 Å². The van der Waals surface area contributed by atoms with Crippen LogP contribution < -0.4 is 5.73 Å². The van der Waals surface area contributed by atoms with Gasteiger partial charge in [0.15, 0.2) is 5.60 Å². The molecule has 1 fully saturated rings. The quantitative estimate of drug-likeness (QED) is 0.766. The van der Waals surface area contributed by atoms with Gasteiger partial charge in [-0.3, -0.25) is 9.69 Å². The summed E-state index contributed by atoms with van der Waals surface area (Å²) < 4.78 is 0. The second kappa shape index (κ2) is 6.52. The molecular formula is C17H22N4O2. The van der Waals surface area contributed by atoms with Crippen LogP contribution in [0.25, 0.3) is 0 Å². The molecule has 0 aliphatic carbocycles. The summed E-state index contributed by atoms with van der Waals surface area (Å²) in [5, 5.41) is 10.9.